The third kappa shape index (κ3) is 1.66. The van der Waals surface area contributed by atoms with Crippen LogP contribution in [0.25, 0.3) is 0 Å². The second-order valence-electron chi connectivity index (χ2n) is 5.08. The van der Waals surface area contributed by atoms with Crippen molar-refractivity contribution in [3.8, 4) is 0 Å². The van der Waals surface area contributed by atoms with Gasteiger partial charge in [-0.1, -0.05) is 25.1 Å². The van der Waals surface area contributed by atoms with Crippen LogP contribution < -0.4 is 5.73 Å². The molecule has 0 spiro atoms. The van der Waals surface area contributed by atoms with Crippen LogP contribution in [0.4, 0.5) is 0 Å². The number of benzene rings is 1. The van der Waals surface area contributed by atoms with Crippen molar-refractivity contribution in [1.82, 2.24) is 0 Å². The van der Waals surface area contributed by atoms with Crippen LogP contribution in [0.2, 0.25) is 0 Å². The average molecular weight is 219 g/mol. The Kier molecular flexibility index (Phi) is 3.04. The largest absolute Gasteiger partial charge is 0.379 e. The molecule has 1 aliphatic heterocycles. The Morgan fingerprint density at radius 3 is 2.44 bits per heavy atom. The van der Waals surface area contributed by atoms with Gasteiger partial charge in [0, 0.05) is 5.41 Å². The molecule has 0 bridgehead atoms. The lowest BCUT2D eigenvalue weighted by Gasteiger charge is -2.46. The molecule has 1 heterocycles. The maximum atomic E-state index is 5.82. The first-order valence-electron chi connectivity index (χ1n) is 5.96. The molecule has 2 N–H and O–H groups in total. The second kappa shape index (κ2) is 4.19. The number of nitrogens with two attached hydrogens (primary N) is 1. The standard InChI is InChI=1S/C14H21NO/c1-10-4-5-13(6-11(10)2)14(8-16-9-14)12(3)7-15/h4-6,12H,7-9,15H2,1-3H3. The van der Waals surface area contributed by atoms with E-state index in [1.165, 1.54) is 16.7 Å². The van der Waals surface area contributed by atoms with Crippen LogP contribution in [-0.4, -0.2) is 19.8 Å². The average Bonchev–Trinajstić information content (AvgIpc) is 2.21. The van der Waals surface area contributed by atoms with Crippen LogP contribution in [0.15, 0.2) is 18.2 Å². The van der Waals surface area contributed by atoms with Crippen molar-refractivity contribution >= 4 is 0 Å². The molecule has 2 heteroatoms. The van der Waals surface area contributed by atoms with Gasteiger partial charge in [-0.3, -0.25) is 0 Å². The van der Waals surface area contributed by atoms with Crippen molar-refractivity contribution in [3.05, 3.63) is 34.9 Å². The van der Waals surface area contributed by atoms with E-state index in [1.807, 2.05) is 0 Å². The van der Waals surface area contributed by atoms with E-state index in [0.717, 1.165) is 19.8 Å². The zero-order valence-electron chi connectivity index (χ0n) is 10.4. The van der Waals surface area contributed by atoms with Gasteiger partial charge in [0.1, 0.15) is 0 Å². The molecule has 0 aromatic heterocycles. The topological polar surface area (TPSA) is 35.2 Å². The molecule has 1 aromatic carbocycles. The minimum absolute atomic E-state index is 0.160. The minimum Gasteiger partial charge on any atom is -0.379 e. The minimum atomic E-state index is 0.160. The van der Waals surface area contributed by atoms with E-state index in [9.17, 15) is 0 Å². The first-order chi connectivity index (χ1) is 7.60. The fraction of sp³-hybridized carbons (Fsp3) is 0.571. The van der Waals surface area contributed by atoms with E-state index in [-0.39, 0.29) is 5.41 Å². The molecule has 0 amide bonds. The first kappa shape index (κ1) is 11.6. The Hall–Kier alpha value is -0.860. The fourth-order valence-corrected chi connectivity index (χ4v) is 2.33. The SMILES string of the molecule is Cc1ccc(C2(C(C)CN)COC2)cc1C. The van der Waals surface area contributed by atoms with Crippen molar-refractivity contribution in [3.63, 3.8) is 0 Å². The van der Waals surface area contributed by atoms with E-state index in [2.05, 4.69) is 39.0 Å². The highest BCUT2D eigenvalue weighted by molar-refractivity contribution is 5.36. The summed E-state index contributed by atoms with van der Waals surface area (Å²) in [5, 5.41) is 0. The molecule has 2 nitrogen and oxygen atoms in total. The molecule has 1 aromatic rings. The zero-order valence-corrected chi connectivity index (χ0v) is 10.4. The van der Waals surface area contributed by atoms with Gasteiger partial charge >= 0.3 is 0 Å². The summed E-state index contributed by atoms with van der Waals surface area (Å²) >= 11 is 0. The molecular weight excluding hydrogens is 198 g/mol. The lowest BCUT2D eigenvalue weighted by Crippen LogP contribution is -2.53. The molecule has 2 rings (SSSR count). The Balaban J connectivity index is 2.37. The van der Waals surface area contributed by atoms with Gasteiger partial charge in [0.05, 0.1) is 13.2 Å². The summed E-state index contributed by atoms with van der Waals surface area (Å²) in [5.41, 5.74) is 10.1. The molecule has 16 heavy (non-hydrogen) atoms. The van der Waals surface area contributed by atoms with E-state index in [1.54, 1.807) is 0 Å². The Morgan fingerprint density at radius 2 is 2.00 bits per heavy atom. The summed E-state index contributed by atoms with van der Waals surface area (Å²) in [6, 6.07) is 6.73. The van der Waals surface area contributed by atoms with Gasteiger partial charge in [0.2, 0.25) is 0 Å². The van der Waals surface area contributed by atoms with Gasteiger partial charge in [-0.25, -0.2) is 0 Å². The number of hydrogen-bond acceptors (Lipinski definition) is 2. The van der Waals surface area contributed by atoms with Gasteiger partial charge in [0.15, 0.2) is 0 Å². The molecule has 1 saturated heterocycles. The van der Waals surface area contributed by atoms with Gasteiger partial charge in [-0.2, -0.15) is 0 Å². The third-order valence-corrected chi connectivity index (χ3v) is 4.10. The smallest absolute Gasteiger partial charge is 0.0588 e. The van der Waals surface area contributed by atoms with Gasteiger partial charge in [0.25, 0.3) is 0 Å². The van der Waals surface area contributed by atoms with Crippen molar-refractivity contribution in [1.29, 1.82) is 0 Å². The zero-order chi connectivity index (χ0) is 11.8. The predicted molar refractivity (Wildman–Crippen MR) is 66.6 cm³/mol. The molecule has 1 atom stereocenters. The molecule has 0 aliphatic carbocycles. The summed E-state index contributed by atoms with van der Waals surface area (Å²) < 4.78 is 5.43. The third-order valence-electron chi connectivity index (χ3n) is 4.10. The monoisotopic (exact) mass is 219 g/mol. The van der Waals surface area contributed by atoms with Crippen molar-refractivity contribution < 1.29 is 4.74 Å². The molecule has 88 valence electrons. The lowest BCUT2D eigenvalue weighted by molar-refractivity contribution is -0.0854. The van der Waals surface area contributed by atoms with Crippen LogP contribution in [0.1, 0.15) is 23.6 Å². The normalized spacial score (nSPS) is 20.2. The van der Waals surface area contributed by atoms with Crippen LogP contribution in [0, 0.1) is 19.8 Å². The molecular formula is C14H21NO. The second-order valence-corrected chi connectivity index (χ2v) is 5.08. The van der Waals surface area contributed by atoms with Crippen LogP contribution in [-0.2, 0) is 10.2 Å². The van der Waals surface area contributed by atoms with E-state index < -0.39 is 0 Å². The van der Waals surface area contributed by atoms with Crippen LogP contribution in [0.5, 0.6) is 0 Å². The highest BCUT2D eigenvalue weighted by Crippen LogP contribution is 2.39. The van der Waals surface area contributed by atoms with Crippen LogP contribution in [0.3, 0.4) is 0 Å². The summed E-state index contributed by atoms with van der Waals surface area (Å²) in [7, 11) is 0. The Bertz CT molecular complexity index is 382. The quantitative estimate of drug-likeness (QED) is 0.845. The highest BCUT2D eigenvalue weighted by Gasteiger charge is 2.44. The summed E-state index contributed by atoms with van der Waals surface area (Å²) in [6.45, 7) is 8.88. The maximum Gasteiger partial charge on any atom is 0.0588 e. The summed E-state index contributed by atoms with van der Waals surface area (Å²) in [6.07, 6.45) is 0. The van der Waals surface area contributed by atoms with Gasteiger partial charge < -0.3 is 10.5 Å². The van der Waals surface area contributed by atoms with Crippen molar-refractivity contribution in [2.45, 2.75) is 26.2 Å². The highest BCUT2D eigenvalue weighted by atomic mass is 16.5. The molecule has 1 aliphatic rings. The van der Waals surface area contributed by atoms with Crippen LogP contribution >= 0.6 is 0 Å². The number of rotatable bonds is 3. The predicted octanol–water partition coefficient (Wildman–Crippen LogP) is 2.17. The van der Waals surface area contributed by atoms with Gasteiger partial charge in [-0.05, 0) is 43.0 Å². The lowest BCUT2D eigenvalue weighted by atomic mass is 9.69. The molecule has 1 unspecified atom stereocenters. The fourth-order valence-electron chi connectivity index (χ4n) is 2.33. The summed E-state index contributed by atoms with van der Waals surface area (Å²) in [4.78, 5) is 0. The Labute approximate surface area is 97.8 Å². The van der Waals surface area contributed by atoms with E-state index in [0.29, 0.717) is 5.92 Å². The van der Waals surface area contributed by atoms with E-state index >= 15 is 0 Å². The number of aryl methyl sites for hydroxylation is 2. The van der Waals surface area contributed by atoms with Crippen molar-refractivity contribution in [2.75, 3.05) is 19.8 Å². The summed E-state index contributed by atoms with van der Waals surface area (Å²) in [5.74, 6) is 0.475. The number of hydrogen-bond donors (Lipinski definition) is 1. The Morgan fingerprint density at radius 1 is 1.31 bits per heavy atom. The molecule has 1 fully saturated rings. The van der Waals surface area contributed by atoms with Gasteiger partial charge in [-0.15, -0.1) is 0 Å². The van der Waals surface area contributed by atoms with E-state index in [4.69, 9.17) is 10.5 Å². The number of ether oxygens (including phenoxy) is 1. The first-order valence-corrected chi connectivity index (χ1v) is 5.96. The molecule has 0 radical (unpaired) electrons. The van der Waals surface area contributed by atoms with Crippen molar-refractivity contribution in [2.24, 2.45) is 11.7 Å². The maximum absolute atomic E-state index is 5.82. The molecule has 0 saturated carbocycles.